The van der Waals surface area contributed by atoms with Crippen molar-refractivity contribution in [1.82, 2.24) is 10.6 Å². The Bertz CT molecular complexity index is 824. The summed E-state index contributed by atoms with van der Waals surface area (Å²) in [4.78, 5) is 4.75. The summed E-state index contributed by atoms with van der Waals surface area (Å²) >= 11 is 0. The molecule has 1 aliphatic heterocycles. The summed E-state index contributed by atoms with van der Waals surface area (Å²) in [5.74, 6) is 3.21. The number of aliphatic imine (C=N–C) groups is 1. The van der Waals surface area contributed by atoms with Gasteiger partial charge < -0.3 is 29.6 Å². The second-order valence-corrected chi connectivity index (χ2v) is 7.14. The van der Waals surface area contributed by atoms with E-state index in [1.165, 1.54) is 0 Å². The summed E-state index contributed by atoms with van der Waals surface area (Å²) in [6.07, 6.45) is 1.80. The Morgan fingerprint density at radius 2 is 1.90 bits per heavy atom. The molecule has 0 aliphatic carbocycles. The van der Waals surface area contributed by atoms with Crippen molar-refractivity contribution in [2.75, 3.05) is 40.1 Å². The number of hydrogen-bond acceptors (Lipinski definition) is 5. The molecule has 7 nitrogen and oxygen atoms in total. The first-order valence-corrected chi connectivity index (χ1v) is 10.9. The molecule has 7 heteroatoms. The number of ether oxygens (including phenoxy) is 4. The van der Waals surface area contributed by atoms with Gasteiger partial charge in [-0.2, -0.15) is 0 Å². The van der Waals surface area contributed by atoms with Gasteiger partial charge in [0.15, 0.2) is 17.5 Å². The highest BCUT2D eigenvalue weighted by Gasteiger charge is 2.14. The predicted octanol–water partition coefficient (Wildman–Crippen LogP) is 3.52. The third-order valence-corrected chi connectivity index (χ3v) is 4.84. The number of nitrogens with zero attached hydrogens (tertiary/aromatic N) is 1. The first-order valence-electron chi connectivity index (χ1n) is 10.9. The molecule has 3 rings (SSSR count). The van der Waals surface area contributed by atoms with Crippen molar-refractivity contribution in [1.29, 1.82) is 0 Å². The van der Waals surface area contributed by atoms with E-state index in [1.807, 2.05) is 43.3 Å². The Balaban J connectivity index is 1.64. The van der Waals surface area contributed by atoms with E-state index in [1.54, 1.807) is 7.11 Å². The van der Waals surface area contributed by atoms with Gasteiger partial charge in [-0.1, -0.05) is 24.3 Å². The van der Waals surface area contributed by atoms with Gasteiger partial charge in [0.2, 0.25) is 0 Å². The average Bonchev–Trinajstić information content (AvgIpc) is 3.06. The lowest BCUT2D eigenvalue weighted by molar-refractivity contribution is 0.145. The number of fused-ring (bicyclic) bond motifs is 1. The lowest BCUT2D eigenvalue weighted by Crippen LogP contribution is -2.38. The summed E-state index contributed by atoms with van der Waals surface area (Å²) in [5.41, 5.74) is 2.16. The highest BCUT2D eigenvalue weighted by atomic mass is 16.5. The van der Waals surface area contributed by atoms with Gasteiger partial charge in [0.1, 0.15) is 5.75 Å². The van der Waals surface area contributed by atoms with Crippen LogP contribution in [0.4, 0.5) is 0 Å². The monoisotopic (exact) mass is 427 g/mol. The van der Waals surface area contributed by atoms with E-state index >= 15 is 0 Å². The van der Waals surface area contributed by atoms with Crippen LogP contribution in [0.1, 0.15) is 30.9 Å². The fraction of sp³-hybridized carbons (Fsp3) is 0.458. The van der Waals surface area contributed by atoms with Crippen LogP contribution in [0.15, 0.2) is 47.5 Å². The molecule has 168 valence electrons. The molecule has 31 heavy (non-hydrogen) atoms. The maximum atomic E-state index is 5.93. The van der Waals surface area contributed by atoms with Gasteiger partial charge in [0.25, 0.3) is 0 Å². The smallest absolute Gasteiger partial charge is 0.191 e. The van der Waals surface area contributed by atoms with Gasteiger partial charge >= 0.3 is 0 Å². The number of guanidine groups is 1. The Morgan fingerprint density at radius 1 is 1.06 bits per heavy atom. The summed E-state index contributed by atoms with van der Waals surface area (Å²) in [6, 6.07) is 13.9. The molecule has 0 unspecified atom stereocenters. The van der Waals surface area contributed by atoms with Crippen molar-refractivity contribution < 1.29 is 18.9 Å². The molecule has 2 aromatic carbocycles. The van der Waals surface area contributed by atoms with Crippen LogP contribution in [0.5, 0.6) is 17.2 Å². The zero-order valence-electron chi connectivity index (χ0n) is 18.5. The van der Waals surface area contributed by atoms with E-state index in [4.69, 9.17) is 23.9 Å². The van der Waals surface area contributed by atoms with Gasteiger partial charge in [0, 0.05) is 38.3 Å². The second kappa shape index (κ2) is 12.7. The number of rotatable bonds is 10. The minimum Gasteiger partial charge on any atom is -0.497 e. The normalized spacial score (nSPS) is 13.4. The zero-order chi connectivity index (χ0) is 21.7. The molecule has 0 bridgehead atoms. The summed E-state index contributed by atoms with van der Waals surface area (Å²) < 4.78 is 22.4. The molecule has 0 saturated heterocycles. The Morgan fingerprint density at radius 3 is 2.71 bits per heavy atom. The lowest BCUT2D eigenvalue weighted by Gasteiger charge is -2.16. The average molecular weight is 428 g/mol. The lowest BCUT2D eigenvalue weighted by atomic mass is 10.2. The van der Waals surface area contributed by atoms with E-state index in [0.717, 1.165) is 66.9 Å². The third kappa shape index (κ3) is 7.36. The molecule has 0 saturated carbocycles. The zero-order valence-corrected chi connectivity index (χ0v) is 18.5. The Labute approximate surface area is 184 Å². The molecule has 0 fully saturated rings. The number of hydrogen-bond donors (Lipinski definition) is 2. The number of para-hydroxylation sites is 1. The first kappa shape index (κ1) is 22.7. The highest BCUT2D eigenvalue weighted by Crippen LogP contribution is 2.33. The maximum Gasteiger partial charge on any atom is 0.191 e. The van der Waals surface area contributed by atoms with Crippen LogP contribution in [0.2, 0.25) is 0 Å². The quantitative estimate of drug-likeness (QED) is 0.343. The molecule has 0 atom stereocenters. The number of methoxy groups -OCH3 is 1. The topological polar surface area (TPSA) is 73.3 Å². The van der Waals surface area contributed by atoms with Crippen LogP contribution in [0, 0.1) is 0 Å². The molecule has 0 spiro atoms. The van der Waals surface area contributed by atoms with Crippen molar-refractivity contribution in [2.45, 2.75) is 32.9 Å². The largest absolute Gasteiger partial charge is 0.497 e. The molecular formula is C24H33N3O4. The second-order valence-electron chi connectivity index (χ2n) is 7.14. The molecule has 0 aromatic heterocycles. The van der Waals surface area contributed by atoms with Crippen LogP contribution in [-0.2, 0) is 17.8 Å². The molecule has 0 radical (unpaired) electrons. The number of nitrogens with one attached hydrogen (secondary N) is 2. The predicted molar refractivity (Wildman–Crippen MR) is 122 cm³/mol. The van der Waals surface area contributed by atoms with Crippen LogP contribution < -0.4 is 24.8 Å². The van der Waals surface area contributed by atoms with Gasteiger partial charge in [-0.15, -0.1) is 0 Å². The van der Waals surface area contributed by atoms with E-state index in [-0.39, 0.29) is 0 Å². The molecule has 1 aliphatic rings. The molecule has 1 heterocycles. The standard InChI is InChI=1S/C24H33N3O4/c1-3-29-14-5-13-25-24(26-17-19-9-11-21(28-2)12-10-19)27-18-20-7-4-8-22-23(20)31-16-6-15-30-22/h4,7-12H,3,5-6,13-18H2,1-2H3,(H2,25,26,27). The van der Waals surface area contributed by atoms with Crippen molar-refractivity contribution in [3.8, 4) is 17.2 Å². The van der Waals surface area contributed by atoms with Gasteiger partial charge in [0.05, 0.1) is 26.9 Å². The van der Waals surface area contributed by atoms with Crippen LogP contribution in [-0.4, -0.2) is 46.0 Å². The fourth-order valence-electron chi connectivity index (χ4n) is 3.17. The van der Waals surface area contributed by atoms with E-state index in [2.05, 4.69) is 16.7 Å². The van der Waals surface area contributed by atoms with Crippen LogP contribution in [0.25, 0.3) is 0 Å². The van der Waals surface area contributed by atoms with E-state index in [9.17, 15) is 0 Å². The van der Waals surface area contributed by atoms with Crippen LogP contribution >= 0.6 is 0 Å². The first-order chi connectivity index (χ1) is 15.3. The van der Waals surface area contributed by atoms with Crippen LogP contribution in [0.3, 0.4) is 0 Å². The van der Waals surface area contributed by atoms with Gasteiger partial charge in [-0.3, -0.25) is 0 Å². The fourth-order valence-corrected chi connectivity index (χ4v) is 3.17. The summed E-state index contributed by atoms with van der Waals surface area (Å²) in [7, 11) is 1.67. The summed E-state index contributed by atoms with van der Waals surface area (Å²) in [5, 5.41) is 6.82. The maximum absolute atomic E-state index is 5.93. The van der Waals surface area contributed by atoms with Crippen molar-refractivity contribution >= 4 is 5.96 Å². The van der Waals surface area contributed by atoms with Crippen molar-refractivity contribution in [3.05, 3.63) is 53.6 Å². The minimum absolute atomic E-state index is 0.567. The minimum atomic E-state index is 0.567. The van der Waals surface area contributed by atoms with Gasteiger partial charge in [-0.25, -0.2) is 4.99 Å². The molecule has 2 aromatic rings. The molecule has 0 amide bonds. The third-order valence-electron chi connectivity index (χ3n) is 4.84. The summed E-state index contributed by atoms with van der Waals surface area (Å²) in [6.45, 7) is 6.75. The highest BCUT2D eigenvalue weighted by molar-refractivity contribution is 5.79. The molecular weight excluding hydrogens is 394 g/mol. The van der Waals surface area contributed by atoms with E-state index in [0.29, 0.717) is 26.3 Å². The Kier molecular flexibility index (Phi) is 9.32. The van der Waals surface area contributed by atoms with Crippen molar-refractivity contribution in [3.63, 3.8) is 0 Å². The van der Waals surface area contributed by atoms with Gasteiger partial charge in [-0.05, 0) is 37.1 Å². The SMILES string of the molecule is CCOCCCNC(=NCc1ccc(OC)cc1)NCc1cccc2c1OCCCO2. The number of benzene rings is 2. The molecule has 2 N–H and O–H groups in total. The van der Waals surface area contributed by atoms with Crippen molar-refractivity contribution in [2.24, 2.45) is 4.99 Å². The Hall–Kier alpha value is -2.93. The van der Waals surface area contributed by atoms with E-state index < -0.39 is 0 Å².